The molecule has 3 N–H and O–H groups in total. The maximum atomic E-state index is 8.33. The van der Waals surface area contributed by atoms with E-state index in [0.29, 0.717) is 0 Å². The Kier molecular flexibility index (Phi) is 20.4. The van der Waals surface area contributed by atoms with Gasteiger partial charge < -0.3 is 30.1 Å². The van der Waals surface area contributed by atoms with Crippen LogP contribution in [0.3, 0.4) is 0 Å². The van der Waals surface area contributed by atoms with Gasteiger partial charge in [0, 0.05) is 0 Å². The average Bonchev–Trinajstić information content (AvgIpc) is 1.25. The number of hydrogen-bond donors (Lipinski definition) is 3. The quantitative estimate of drug-likeness (QED) is 0.306. The zero-order chi connectivity index (χ0) is 7.15. The summed E-state index contributed by atoms with van der Waals surface area (Å²) < 4.78 is 0. The number of carboxylic acid groups (broad SMARTS) is 2. The standard InChI is InChI=1S/CH2O3.BH3O3.Ca/c2*2-1(3)4;/h(H2,2,3,4);2-4H;/q;;+2/p-2. The van der Waals surface area contributed by atoms with E-state index < -0.39 is 13.5 Å². The first kappa shape index (κ1) is 16.2. The van der Waals surface area contributed by atoms with Crippen molar-refractivity contribution >= 4 is 51.2 Å². The van der Waals surface area contributed by atoms with E-state index >= 15 is 0 Å². The monoisotopic (exact) mass is 162 g/mol. The van der Waals surface area contributed by atoms with Crippen molar-refractivity contribution < 1.29 is 30.1 Å². The second-order valence-electron chi connectivity index (χ2n) is 0.596. The summed E-state index contributed by atoms with van der Waals surface area (Å²) in [7, 11) is -2.17. The van der Waals surface area contributed by atoms with Crippen LogP contribution in [0, 0.1) is 0 Å². The van der Waals surface area contributed by atoms with E-state index in [1.54, 1.807) is 0 Å². The van der Waals surface area contributed by atoms with Crippen LogP contribution in [0.15, 0.2) is 0 Å². The van der Waals surface area contributed by atoms with Crippen LogP contribution >= 0.6 is 0 Å². The van der Waals surface area contributed by atoms with Gasteiger partial charge in [-0.05, 0) is 6.16 Å². The summed E-state index contributed by atoms with van der Waals surface area (Å²) in [4.78, 5) is 8.33. The van der Waals surface area contributed by atoms with E-state index in [0.717, 1.165) is 0 Å². The molecule has 0 aromatic carbocycles. The third-order valence-corrected chi connectivity index (χ3v) is 0. The third-order valence-electron chi connectivity index (χ3n) is 0. The van der Waals surface area contributed by atoms with E-state index in [4.69, 9.17) is 30.1 Å². The van der Waals surface area contributed by atoms with Crippen molar-refractivity contribution in [3.05, 3.63) is 0 Å². The van der Waals surface area contributed by atoms with Crippen LogP contribution in [0.1, 0.15) is 0 Å². The Morgan fingerprint density at radius 1 is 1.22 bits per heavy atom. The summed E-state index contributed by atoms with van der Waals surface area (Å²) in [6.45, 7) is 0. The topological polar surface area (TPSA) is 124 Å². The fourth-order valence-corrected chi connectivity index (χ4v) is 0. The Bertz CT molecular complexity index is 57.3. The Morgan fingerprint density at radius 3 is 1.22 bits per heavy atom. The molecule has 0 amide bonds. The van der Waals surface area contributed by atoms with E-state index in [9.17, 15) is 0 Å². The summed E-state index contributed by atoms with van der Waals surface area (Å²) in [5.41, 5.74) is 0. The minimum absolute atomic E-state index is 0. The van der Waals surface area contributed by atoms with E-state index in [1.807, 2.05) is 0 Å². The summed E-state index contributed by atoms with van der Waals surface area (Å²) >= 11 is 0. The summed E-state index contributed by atoms with van der Waals surface area (Å²) in [5.74, 6) is 0. The normalized spacial score (nSPS) is 5.67. The van der Waals surface area contributed by atoms with Crippen LogP contribution in [-0.4, -0.2) is 66.3 Å². The van der Waals surface area contributed by atoms with Crippen LogP contribution in [-0.2, 0) is 0 Å². The summed E-state index contributed by atoms with van der Waals surface area (Å²) in [6, 6.07) is 0. The zero-order valence-corrected chi connectivity index (χ0v) is 6.56. The molecular formula is CH3BCaO6. The van der Waals surface area contributed by atoms with Crippen LogP contribution in [0.2, 0.25) is 0 Å². The smallest absolute Gasteiger partial charge is 0.652 e. The molecule has 0 aromatic rings. The summed E-state index contributed by atoms with van der Waals surface area (Å²) in [6.07, 6.45) is -2.33. The van der Waals surface area contributed by atoms with Crippen molar-refractivity contribution in [2.75, 3.05) is 0 Å². The Hall–Kier alpha value is 0.475. The van der Waals surface area contributed by atoms with Crippen molar-refractivity contribution in [1.29, 1.82) is 0 Å². The molecule has 0 atom stereocenters. The molecule has 8 heteroatoms. The van der Waals surface area contributed by atoms with Gasteiger partial charge in [0.2, 0.25) is 0 Å². The van der Waals surface area contributed by atoms with Crippen molar-refractivity contribution in [3.8, 4) is 0 Å². The van der Waals surface area contributed by atoms with Gasteiger partial charge in [-0.25, -0.2) is 0 Å². The molecule has 0 aliphatic carbocycles. The van der Waals surface area contributed by atoms with Crippen molar-refractivity contribution in [1.82, 2.24) is 0 Å². The largest absolute Gasteiger partial charge is 2.00 e. The third kappa shape index (κ3) is 1580. The van der Waals surface area contributed by atoms with Gasteiger partial charge in [-0.15, -0.1) is 0 Å². The molecule has 9 heavy (non-hydrogen) atoms. The minimum Gasteiger partial charge on any atom is -0.652 e. The number of carbonyl (C=O) groups is 1. The van der Waals surface area contributed by atoms with Gasteiger partial charge in [-0.3, -0.25) is 0 Å². The fraction of sp³-hybridized carbons (Fsp3) is 0. The maximum Gasteiger partial charge on any atom is 2.00 e. The molecule has 48 valence electrons. The van der Waals surface area contributed by atoms with Crippen LogP contribution in [0.25, 0.3) is 0 Å². The molecule has 0 bridgehead atoms. The molecule has 0 unspecified atom stereocenters. The van der Waals surface area contributed by atoms with Crippen LogP contribution in [0.5, 0.6) is 0 Å². The molecule has 0 aliphatic rings. The molecule has 0 saturated heterocycles. The van der Waals surface area contributed by atoms with E-state index in [-0.39, 0.29) is 37.7 Å². The van der Waals surface area contributed by atoms with Gasteiger partial charge in [0.1, 0.15) is 0 Å². The molecule has 0 radical (unpaired) electrons. The molecule has 0 rings (SSSR count). The predicted octanol–water partition coefficient (Wildman–Crippen LogP) is -4.88. The molecule has 0 spiro atoms. The SMILES string of the molecule is O=C([O-])[O-].OB(O)O.[Ca+2]. The zero-order valence-electron chi connectivity index (χ0n) is 4.35. The van der Waals surface area contributed by atoms with Gasteiger partial charge in [-0.2, -0.15) is 0 Å². The molecule has 0 aromatic heterocycles. The van der Waals surface area contributed by atoms with Gasteiger partial charge >= 0.3 is 45.1 Å². The Balaban J connectivity index is -0.0000000720. The Morgan fingerprint density at radius 2 is 1.22 bits per heavy atom. The first-order valence-corrected chi connectivity index (χ1v) is 1.39. The van der Waals surface area contributed by atoms with Crippen molar-refractivity contribution in [2.45, 2.75) is 0 Å². The number of carbonyl (C=O) groups excluding carboxylic acids is 1. The van der Waals surface area contributed by atoms with Gasteiger partial charge in [0.25, 0.3) is 0 Å². The van der Waals surface area contributed by atoms with Gasteiger partial charge in [-0.1, -0.05) is 0 Å². The maximum absolute atomic E-state index is 8.33. The Labute approximate surface area is 80.9 Å². The van der Waals surface area contributed by atoms with Crippen molar-refractivity contribution in [3.63, 3.8) is 0 Å². The number of rotatable bonds is 0. The van der Waals surface area contributed by atoms with Crippen molar-refractivity contribution in [2.24, 2.45) is 0 Å². The average molecular weight is 162 g/mol. The molecule has 6 nitrogen and oxygen atoms in total. The predicted molar refractivity (Wildman–Crippen MR) is 23.6 cm³/mol. The van der Waals surface area contributed by atoms with Gasteiger partial charge in [0.15, 0.2) is 0 Å². The molecule has 0 fully saturated rings. The molecule has 0 saturated carbocycles. The fourth-order valence-electron chi connectivity index (χ4n) is 0. The van der Waals surface area contributed by atoms with Crippen LogP contribution < -0.4 is 10.2 Å². The van der Waals surface area contributed by atoms with Gasteiger partial charge in [0.05, 0.1) is 0 Å². The summed E-state index contributed by atoms with van der Waals surface area (Å²) in [5, 5.41) is 38.2. The molecule has 0 aliphatic heterocycles. The minimum atomic E-state index is -2.33. The molecule has 0 heterocycles. The second kappa shape index (κ2) is 11.3. The second-order valence-corrected chi connectivity index (χ2v) is 0.596. The van der Waals surface area contributed by atoms with E-state index in [2.05, 4.69) is 0 Å². The first-order chi connectivity index (χ1) is 3.46. The first-order valence-electron chi connectivity index (χ1n) is 1.39. The van der Waals surface area contributed by atoms with E-state index in [1.165, 1.54) is 0 Å². The van der Waals surface area contributed by atoms with Crippen LogP contribution in [0.4, 0.5) is 4.79 Å². The number of hydrogen-bond acceptors (Lipinski definition) is 6. The molecular weight excluding hydrogens is 159 g/mol.